The Kier molecular flexibility index (Phi) is 3.33. The number of ketones is 1. The quantitative estimate of drug-likeness (QED) is 0.800. The normalized spacial score (nSPS) is 14.9. The first-order valence-corrected chi connectivity index (χ1v) is 6.68. The molecule has 20 heavy (non-hydrogen) atoms. The molecule has 0 saturated carbocycles. The lowest BCUT2D eigenvalue weighted by Gasteiger charge is -2.19. The van der Waals surface area contributed by atoms with Crippen LogP contribution < -0.4 is 4.90 Å². The van der Waals surface area contributed by atoms with Gasteiger partial charge in [-0.05, 0) is 23.6 Å². The van der Waals surface area contributed by atoms with E-state index in [-0.39, 0.29) is 24.7 Å². The largest absolute Gasteiger partial charge is 0.304 e. The van der Waals surface area contributed by atoms with Crippen molar-refractivity contribution in [2.75, 3.05) is 11.4 Å². The average molecular weight is 265 g/mol. The van der Waals surface area contributed by atoms with Gasteiger partial charge in [-0.3, -0.25) is 9.59 Å². The summed E-state index contributed by atoms with van der Waals surface area (Å²) in [5, 5.41) is 0. The first-order valence-electron chi connectivity index (χ1n) is 6.68. The van der Waals surface area contributed by atoms with Gasteiger partial charge in [-0.2, -0.15) is 0 Å². The Morgan fingerprint density at radius 2 is 1.60 bits per heavy atom. The number of hydrogen-bond donors (Lipinski definition) is 0. The SMILES string of the molecule is O=C1CC(=O)N(c2ccccc2Cc2ccccc2)C1. The molecule has 0 atom stereocenters. The maximum Gasteiger partial charge on any atom is 0.234 e. The van der Waals surface area contributed by atoms with Crippen LogP contribution in [0.15, 0.2) is 54.6 Å². The molecule has 1 fully saturated rings. The molecule has 2 aromatic rings. The van der Waals surface area contributed by atoms with Gasteiger partial charge in [0.25, 0.3) is 0 Å². The summed E-state index contributed by atoms with van der Waals surface area (Å²) >= 11 is 0. The first kappa shape index (κ1) is 12.6. The van der Waals surface area contributed by atoms with Crippen molar-refractivity contribution in [3.8, 4) is 0 Å². The Hall–Kier alpha value is -2.42. The summed E-state index contributed by atoms with van der Waals surface area (Å²) in [5.74, 6) is -0.111. The second-order valence-corrected chi connectivity index (χ2v) is 4.99. The van der Waals surface area contributed by atoms with E-state index in [0.717, 1.165) is 17.7 Å². The van der Waals surface area contributed by atoms with Crippen LogP contribution in [0, 0.1) is 0 Å². The Bertz CT molecular complexity index is 649. The number of amides is 1. The van der Waals surface area contributed by atoms with Crippen molar-refractivity contribution < 1.29 is 9.59 Å². The van der Waals surface area contributed by atoms with Gasteiger partial charge in [0.15, 0.2) is 5.78 Å². The van der Waals surface area contributed by atoms with E-state index in [1.54, 1.807) is 4.90 Å². The molecule has 0 N–H and O–H groups in total. The summed E-state index contributed by atoms with van der Waals surface area (Å²) < 4.78 is 0. The smallest absolute Gasteiger partial charge is 0.234 e. The van der Waals surface area contributed by atoms with Crippen molar-refractivity contribution in [1.29, 1.82) is 0 Å². The van der Waals surface area contributed by atoms with E-state index in [1.165, 1.54) is 5.56 Å². The Labute approximate surface area is 117 Å². The molecule has 1 saturated heterocycles. The van der Waals surface area contributed by atoms with Crippen LogP contribution >= 0.6 is 0 Å². The number of para-hydroxylation sites is 1. The molecular formula is C17H15NO2. The predicted octanol–water partition coefficient (Wildman–Crippen LogP) is 2.58. The number of hydrogen-bond acceptors (Lipinski definition) is 2. The van der Waals surface area contributed by atoms with Gasteiger partial charge in [0.2, 0.25) is 5.91 Å². The van der Waals surface area contributed by atoms with Crippen LogP contribution in [-0.2, 0) is 16.0 Å². The topological polar surface area (TPSA) is 37.4 Å². The highest BCUT2D eigenvalue weighted by Crippen LogP contribution is 2.26. The molecule has 0 aromatic heterocycles. The third-order valence-corrected chi connectivity index (χ3v) is 3.50. The average Bonchev–Trinajstić information content (AvgIpc) is 2.79. The highest BCUT2D eigenvalue weighted by atomic mass is 16.2. The van der Waals surface area contributed by atoms with Crippen LogP contribution in [0.3, 0.4) is 0 Å². The van der Waals surface area contributed by atoms with Crippen molar-refractivity contribution >= 4 is 17.4 Å². The number of Topliss-reactive ketones (excluding diaryl/α,β-unsaturated/α-hetero) is 1. The van der Waals surface area contributed by atoms with E-state index in [2.05, 4.69) is 12.1 Å². The van der Waals surface area contributed by atoms with Gasteiger partial charge in [-0.15, -0.1) is 0 Å². The summed E-state index contributed by atoms with van der Waals surface area (Å²) in [6.07, 6.45) is 0.786. The molecule has 3 nitrogen and oxygen atoms in total. The molecule has 2 aromatic carbocycles. The van der Waals surface area contributed by atoms with Gasteiger partial charge in [-0.1, -0.05) is 48.5 Å². The van der Waals surface area contributed by atoms with Crippen LogP contribution in [0.5, 0.6) is 0 Å². The van der Waals surface area contributed by atoms with Crippen molar-refractivity contribution in [3.05, 3.63) is 65.7 Å². The molecule has 0 radical (unpaired) electrons. The van der Waals surface area contributed by atoms with Crippen molar-refractivity contribution in [2.24, 2.45) is 0 Å². The highest BCUT2D eigenvalue weighted by Gasteiger charge is 2.29. The molecule has 0 spiro atoms. The highest BCUT2D eigenvalue weighted by molar-refractivity contribution is 6.15. The number of anilines is 1. The minimum Gasteiger partial charge on any atom is -0.304 e. The summed E-state index contributed by atoms with van der Waals surface area (Å²) in [7, 11) is 0. The third kappa shape index (κ3) is 2.48. The molecular weight excluding hydrogens is 250 g/mol. The van der Waals surface area contributed by atoms with E-state index in [4.69, 9.17) is 0 Å². The second-order valence-electron chi connectivity index (χ2n) is 4.99. The maximum absolute atomic E-state index is 11.9. The van der Waals surface area contributed by atoms with Crippen LogP contribution in [-0.4, -0.2) is 18.2 Å². The van der Waals surface area contributed by atoms with E-state index in [1.807, 2.05) is 42.5 Å². The molecule has 0 bridgehead atoms. The number of benzene rings is 2. The van der Waals surface area contributed by atoms with Gasteiger partial charge in [-0.25, -0.2) is 0 Å². The molecule has 1 aliphatic rings. The Morgan fingerprint density at radius 3 is 2.30 bits per heavy atom. The maximum atomic E-state index is 11.9. The number of rotatable bonds is 3. The standard InChI is InChI=1S/C17H15NO2/c19-15-11-17(20)18(12-15)16-9-5-4-8-14(16)10-13-6-2-1-3-7-13/h1-9H,10-12H2. The van der Waals surface area contributed by atoms with E-state index in [0.29, 0.717) is 0 Å². The van der Waals surface area contributed by atoms with Crippen molar-refractivity contribution in [1.82, 2.24) is 0 Å². The van der Waals surface area contributed by atoms with Crippen LogP contribution in [0.1, 0.15) is 17.5 Å². The van der Waals surface area contributed by atoms with Crippen molar-refractivity contribution in [3.63, 3.8) is 0 Å². The van der Waals surface area contributed by atoms with E-state index in [9.17, 15) is 9.59 Å². The molecule has 3 heteroatoms. The van der Waals surface area contributed by atoms with Gasteiger partial charge in [0.05, 0.1) is 13.0 Å². The van der Waals surface area contributed by atoms with Gasteiger partial charge in [0, 0.05) is 5.69 Å². The molecule has 1 amide bonds. The summed E-state index contributed by atoms with van der Waals surface area (Å²) in [6.45, 7) is 0.199. The fourth-order valence-corrected chi connectivity index (χ4v) is 2.54. The van der Waals surface area contributed by atoms with Gasteiger partial charge >= 0.3 is 0 Å². The Balaban J connectivity index is 1.93. The second kappa shape index (κ2) is 5.29. The summed E-state index contributed by atoms with van der Waals surface area (Å²) in [6, 6.07) is 17.9. The number of nitrogens with zero attached hydrogens (tertiary/aromatic N) is 1. The van der Waals surface area contributed by atoms with Crippen LogP contribution in [0.25, 0.3) is 0 Å². The molecule has 0 aliphatic carbocycles. The minimum absolute atomic E-state index is 0.00971. The zero-order valence-corrected chi connectivity index (χ0v) is 11.1. The zero-order valence-electron chi connectivity index (χ0n) is 11.1. The molecule has 1 heterocycles. The summed E-state index contributed by atoms with van der Waals surface area (Å²) in [4.78, 5) is 24.9. The molecule has 100 valence electrons. The van der Waals surface area contributed by atoms with Crippen LogP contribution in [0.4, 0.5) is 5.69 Å². The molecule has 1 aliphatic heterocycles. The molecule has 0 unspecified atom stereocenters. The lowest BCUT2D eigenvalue weighted by atomic mass is 10.0. The first-order chi connectivity index (χ1) is 9.74. The number of carbonyl (C=O) groups excluding carboxylic acids is 2. The van der Waals surface area contributed by atoms with Gasteiger partial charge < -0.3 is 4.90 Å². The fourth-order valence-electron chi connectivity index (χ4n) is 2.54. The number of carbonyl (C=O) groups is 2. The zero-order chi connectivity index (χ0) is 13.9. The third-order valence-electron chi connectivity index (χ3n) is 3.50. The van der Waals surface area contributed by atoms with Crippen molar-refractivity contribution in [2.45, 2.75) is 12.8 Å². The minimum atomic E-state index is -0.101. The predicted molar refractivity (Wildman–Crippen MR) is 77.7 cm³/mol. The fraction of sp³-hybridized carbons (Fsp3) is 0.176. The monoisotopic (exact) mass is 265 g/mol. The Morgan fingerprint density at radius 1 is 0.900 bits per heavy atom. The van der Waals surface area contributed by atoms with E-state index < -0.39 is 0 Å². The lowest BCUT2D eigenvalue weighted by Crippen LogP contribution is -2.25. The van der Waals surface area contributed by atoms with Crippen LogP contribution in [0.2, 0.25) is 0 Å². The van der Waals surface area contributed by atoms with E-state index >= 15 is 0 Å². The lowest BCUT2D eigenvalue weighted by molar-refractivity contribution is -0.121. The van der Waals surface area contributed by atoms with Gasteiger partial charge in [0.1, 0.15) is 0 Å². The molecule has 3 rings (SSSR count). The summed E-state index contributed by atoms with van der Waals surface area (Å²) in [5.41, 5.74) is 3.12.